The quantitative estimate of drug-likeness (QED) is 0.104. The van der Waals surface area contributed by atoms with Gasteiger partial charge in [0.05, 0.1) is 33.4 Å². The molecule has 0 aromatic heterocycles. The Morgan fingerprint density at radius 1 is 0.958 bits per heavy atom. The lowest BCUT2D eigenvalue weighted by Gasteiger charge is -2.33. The molecule has 4 aromatic carbocycles. The Kier molecular flexibility index (Phi) is 12.8. The monoisotopic (exact) mass is 751 g/mol. The van der Waals surface area contributed by atoms with Crippen molar-refractivity contribution in [2.24, 2.45) is 0 Å². The molecule has 0 spiro atoms. The van der Waals surface area contributed by atoms with E-state index >= 15 is 0 Å². The van der Waals surface area contributed by atoms with Crippen LogP contribution in [0.4, 0.5) is 17.1 Å². The van der Waals surface area contributed by atoms with E-state index in [4.69, 9.17) is 38.4 Å². The zero-order valence-electron chi connectivity index (χ0n) is 26.9. The van der Waals surface area contributed by atoms with Crippen LogP contribution in [0, 0.1) is 0 Å². The molecule has 0 aliphatic heterocycles. The molecule has 10 heteroatoms. The minimum Gasteiger partial charge on any atom is -0.458 e. The number of hydrogen-bond acceptors (Lipinski definition) is 7. The van der Waals surface area contributed by atoms with Gasteiger partial charge in [0.1, 0.15) is 6.61 Å². The van der Waals surface area contributed by atoms with Crippen LogP contribution in [-0.2, 0) is 27.2 Å². The van der Waals surface area contributed by atoms with E-state index in [0.29, 0.717) is 55.3 Å². The van der Waals surface area contributed by atoms with Gasteiger partial charge in [0, 0.05) is 22.7 Å². The number of para-hydroxylation sites is 2. The molecule has 1 saturated carbocycles. The van der Waals surface area contributed by atoms with Crippen molar-refractivity contribution >= 4 is 68.1 Å². The molecular formula is C38H40BrCl2N3O4. The first-order valence-electron chi connectivity index (χ1n) is 16.3. The first-order chi connectivity index (χ1) is 23.2. The van der Waals surface area contributed by atoms with Crippen molar-refractivity contribution in [2.45, 2.75) is 64.1 Å². The van der Waals surface area contributed by atoms with E-state index in [1.165, 1.54) is 32.1 Å². The molecule has 1 aliphatic rings. The number of rotatable bonds is 13. The number of carbonyl (C=O) groups is 2. The topological polar surface area (TPSA) is 93.9 Å². The summed E-state index contributed by atoms with van der Waals surface area (Å²) in [6.45, 7) is 3.62. The van der Waals surface area contributed by atoms with Gasteiger partial charge in [-0.3, -0.25) is 9.69 Å². The highest BCUT2D eigenvalue weighted by molar-refractivity contribution is 9.10. The highest BCUT2D eigenvalue weighted by Crippen LogP contribution is 2.34. The SMILES string of the molecule is CCN(Cc1cc(Br)c(N)c(C(=O)OCC(OC(=O)Cc2ccccc2Nc2c(Cl)cccc2Cl)c2ccccc2)c1)C1CCCCC1. The second kappa shape index (κ2) is 17.2. The third-order valence-corrected chi connectivity index (χ3v) is 9.96. The Morgan fingerprint density at radius 3 is 2.35 bits per heavy atom. The van der Waals surface area contributed by atoms with Crippen LogP contribution in [-0.4, -0.2) is 36.0 Å². The summed E-state index contributed by atoms with van der Waals surface area (Å²) in [6, 6.07) is 26.1. The molecule has 0 radical (unpaired) electrons. The number of nitrogens with two attached hydrogens (primary N) is 1. The summed E-state index contributed by atoms with van der Waals surface area (Å²) in [7, 11) is 0. The Morgan fingerprint density at radius 2 is 1.65 bits per heavy atom. The van der Waals surface area contributed by atoms with Gasteiger partial charge in [-0.25, -0.2) is 4.79 Å². The molecule has 0 bridgehead atoms. The molecule has 7 nitrogen and oxygen atoms in total. The first kappa shape index (κ1) is 35.7. The zero-order chi connectivity index (χ0) is 34.0. The van der Waals surface area contributed by atoms with Crippen molar-refractivity contribution in [3.05, 3.63) is 122 Å². The lowest BCUT2D eigenvalue weighted by Crippen LogP contribution is -2.36. The fourth-order valence-electron chi connectivity index (χ4n) is 6.11. The van der Waals surface area contributed by atoms with Crippen molar-refractivity contribution in [3.8, 4) is 0 Å². The molecule has 48 heavy (non-hydrogen) atoms. The van der Waals surface area contributed by atoms with Crippen LogP contribution in [0.1, 0.15) is 72.2 Å². The fourth-order valence-corrected chi connectivity index (χ4v) is 7.11. The van der Waals surface area contributed by atoms with Gasteiger partial charge in [-0.15, -0.1) is 0 Å². The summed E-state index contributed by atoms with van der Waals surface area (Å²) in [5.41, 5.74) is 10.5. The molecule has 1 unspecified atom stereocenters. The number of halogens is 3. The summed E-state index contributed by atoms with van der Waals surface area (Å²) in [4.78, 5) is 29.4. The maximum Gasteiger partial charge on any atom is 0.340 e. The van der Waals surface area contributed by atoms with E-state index in [1.54, 1.807) is 18.2 Å². The fraction of sp³-hybridized carbons (Fsp3) is 0.316. The maximum atomic E-state index is 13.5. The van der Waals surface area contributed by atoms with Crippen molar-refractivity contribution in [3.63, 3.8) is 0 Å². The minimum absolute atomic E-state index is 0.0423. The minimum atomic E-state index is -0.837. The predicted octanol–water partition coefficient (Wildman–Crippen LogP) is 9.92. The second-order valence-corrected chi connectivity index (χ2v) is 13.6. The second-order valence-electron chi connectivity index (χ2n) is 11.9. The predicted molar refractivity (Wildman–Crippen MR) is 197 cm³/mol. The molecule has 1 fully saturated rings. The highest BCUT2D eigenvalue weighted by Gasteiger charge is 2.24. The van der Waals surface area contributed by atoms with E-state index < -0.39 is 18.0 Å². The van der Waals surface area contributed by atoms with Crippen molar-refractivity contribution in [1.82, 2.24) is 4.90 Å². The van der Waals surface area contributed by atoms with E-state index in [1.807, 2.05) is 66.7 Å². The number of nitrogens with zero attached hydrogens (tertiary/aromatic N) is 1. The zero-order valence-corrected chi connectivity index (χ0v) is 30.0. The average Bonchev–Trinajstić information content (AvgIpc) is 3.10. The molecular weight excluding hydrogens is 713 g/mol. The van der Waals surface area contributed by atoms with E-state index in [0.717, 1.165) is 12.1 Å². The number of esters is 2. The van der Waals surface area contributed by atoms with Crippen molar-refractivity contribution < 1.29 is 19.1 Å². The van der Waals surface area contributed by atoms with Gasteiger partial charge in [0.25, 0.3) is 0 Å². The van der Waals surface area contributed by atoms with Gasteiger partial charge in [-0.1, -0.05) is 104 Å². The number of ether oxygens (including phenoxy) is 2. The average molecular weight is 754 g/mol. The number of carbonyl (C=O) groups excluding carboxylic acids is 2. The Labute approximate surface area is 300 Å². The van der Waals surface area contributed by atoms with Gasteiger partial charge < -0.3 is 20.5 Å². The lowest BCUT2D eigenvalue weighted by molar-refractivity contribution is -0.150. The lowest BCUT2D eigenvalue weighted by atomic mass is 9.93. The van der Waals surface area contributed by atoms with Crippen LogP contribution in [0.5, 0.6) is 0 Å². The summed E-state index contributed by atoms with van der Waals surface area (Å²) in [5.74, 6) is -1.08. The molecule has 1 aliphatic carbocycles. The van der Waals surface area contributed by atoms with E-state index in [-0.39, 0.29) is 18.6 Å². The maximum absolute atomic E-state index is 13.5. The summed E-state index contributed by atoms with van der Waals surface area (Å²) < 4.78 is 12.4. The smallest absolute Gasteiger partial charge is 0.340 e. The number of anilines is 3. The van der Waals surface area contributed by atoms with Gasteiger partial charge >= 0.3 is 11.9 Å². The van der Waals surface area contributed by atoms with Crippen LogP contribution in [0.25, 0.3) is 0 Å². The molecule has 0 saturated heterocycles. The third-order valence-electron chi connectivity index (χ3n) is 8.68. The number of nitrogens with one attached hydrogen (secondary N) is 1. The van der Waals surface area contributed by atoms with Crippen LogP contribution in [0.3, 0.4) is 0 Å². The molecule has 4 aromatic rings. The summed E-state index contributed by atoms with van der Waals surface area (Å²) in [6.07, 6.45) is 5.29. The Bertz CT molecular complexity index is 1700. The highest BCUT2D eigenvalue weighted by atomic mass is 79.9. The van der Waals surface area contributed by atoms with Crippen LogP contribution in [0.15, 0.2) is 89.4 Å². The van der Waals surface area contributed by atoms with Gasteiger partial charge in [0.2, 0.25) is 0 Å². The van der Waals surface area contributed by atoms with Crippen LogP contribution in [0.2, 0.25) is 10.0 Å². The first-order valence-corrected chi connectivity index (χ1v) is 17.8. The number of nitrogen functional groups attached to an aromatic ring is 1. The Balaban J connectivity index is 1.29. The molecule has 252 valence electrons. The van der Waals surface area contributed by atoms with Crippen LogP contribution < -0.4 is 11.1 Å². The normalized spacial score (nSPS) is 14.0. The molecule has 5 rings (SSSR count). The van der Waals surface area contributed by atoms with E-state index in [2.05, 4.69) is 33.1 Å². The third kappa shape index (κ3) is 9.32. The Hall–Kier alpha value is -3.56. The van der Waals surface area contributed by atoms with E-state index in [9.17, 15) is 9.59 Å². The molecule has 0 heterocycles. The summed E-state index contributed by atoms with van der Waals surface area (Å²) in [5, 5.41) is 4.16. The molecule has 3 N–H and O–H groups in total. The summed E-state index contributed by atoms with van der Waals surface area (Å²) >= 11 is 16.3. The largest absolute Gasteiger partial charge is 0.458 e. The van der Waals surface area contributed by atoms with Crippen LogP contribution >= 0.6 is 39.1 Å². The molecule has 0 amide bonds. The van der Waals surface area contributed by atoms with Gasteiger partial charge in [-0.2, -0.15) is 0 Å². The number of hydrogen-bond donors (Lipinski definition) is 2. The standard InChI is InChI=1S/C38H40BrCl2N3O4/c1-2-44(28-15-7-4-8-16-28)23-25-20-29(36(42)30(39)21-25)38(46)47-24-34(26-12-5-3-6-13-26)48-35(45)22-27-14-9-10-19-33(27)43-37-31(40)17-11-18-32(37)41/h3,5-6,9-14,17-21,28,34,43H,2,4,7-8,15-16,22-24,42H2,1H3. The van der Waals surface area contributed by atoms with Gasteiger partial charge in [-0.05, 0) is 82.3 Å². The van der Waals surface area contributed by atoms with Gasteiger partial charge in [0.15, 0.2) is 6.10 Å². The van der Waals surface area contributed by atoms with Crippen molar-refractivity contribution in [1.29, 1.82) is 0 Å². The number of benzene rings is 4. The van der Waals surface area contributed by atoms with Crippen molar-refractivity contribution in [2.75, 3.05) is 24.2 Å². The molecule has 1 atom stereocenters.